The number of primary amides is 1. The Kier molecular flexibility index (Phi) is 8.44. The van der Waals surface area contributed by atoms with Crippen molar-refractivity contribution in [1.82, 2.24) is 15.6 Å². The van der Waals surface area contributed by atoms with Gasteiger partial charge in [-0.3, -0.25) is 14.6 Å². The molecule has 8 heteroatoms. The molecule has 4 N–H and O–H groups in total. The summed E-state index contributed by atoms with van der Waals surface area (Å²) in [4.78, 5) is 42.6. The molecule has 3 aromatic carbocycles. The summed E-state index contributed by atoms with van der Waals surface area (Å²) in [6.07, 6.45) is -0.429. The van der Waals surface area contributed by atoms with E-state index >= 15 is 0 Å². The van der Waals surface area contributed by atoms with Gasteiger partial charge >= 0.3 is 6.09 Å². The number of para-hydroxylation sites is 1. The highest BCUT2D eigenvalue weighted by atomic mass is 16.5. The quantitative estimate of drug-likeness (QED) is 0.311. The highest BCUT2D eigenvalue weighted by molar-refractivity contribution is 5.91. The number of rotatable bonds is 10. The van der Waals surface area contributed by atoms with Crippen molar-refractivity contribution in [2.24, 2.45) is 5.73 Å². The molecule has 8 nitrogen and oxygen atoms in total. The lowest BCUT2D eigenvalue weighted by atomic mass is 10.0. The number of hydrogen-bond donors (Lipinski definition) is 3. The molecule has 4 rings (SSSR count). The van der Waals surface area contributed by atoms with Crippen molar-refractivity contribution in [1.29, 1.82) is 0 Å². The second-order valence-electron chi connectivity index (χ2n) is 8.61. The lowest BCUT2D eigenvalue weighted by Crippen LogP contribution is -2.54. The molecule has 37 heavy (non-hydrogen) atoms. The van der Waals surface area contributed by atoms with E-state index in [1.54, 1.807) is 6.07 Å². The molecular formula is C29H28N4O4. The first-order chi connectivity index (χ1) is 18.0. The first kappa shape index (κ1) is 25.4. The Morgan fingerprint density at radius 1 is 0.730 bits per heavy atom. The number of amides is 3. The van der Waals surface area contributed by atoms with Crippen molar-refractivity contribution < 1.29 is 19.1 Å². The predicted molar refractivity (Wildman–Crippen MR) is 140 cm³/mol. The van der Waals surface area contributed by atoms with Crippen LogP contribution in [0.15, 0.2) is 97.1 Å². The van der Waals surface area contributed by atoms with Crippen LogP contribution >= 0.6 is 0 Å². The van der Waals surface area contributed by atoms with Gasteiger partial charge in [-0.2, -0.15) is 0 Å². The van der Waals surface area contributed by atoms with Crippen LogP contribution in [-0.2, 0) is 33.8 Å². The van der Waals surface area contributed by atoms with E-state index in [0.29, 0.717) is 5.69 Å². The predicted octanol–water partition coefficient (Wildman–Crippen LogP) is 3.29. The summed E-state index contributed by atoms with van der Waals surface area (Å²) in [5.41, 5.74) is 8.65. The molecule has 0 aliphatic carbocycles. The zero-order valence-corrected chi connectivity index (χ0v) is 20.2. The number of nitrogens with two attached hydrogens (primary N) is 1. The molecule has 3 amide bonds. The summed E-state index contributed by atoms with van der Waals surface area (Å²) in [5.74, 6) is -1.25. The van der Waals surface area contributed by atoms with Gasteiger partial charge in [0.2, 0.25) is 11.8 Å². The fourth-order valence-electron chi connectivity index (χ4n) is 3.89. The van der Waals surface area contributed by atoms with E-state index in [2.05, 4.69) is 15.6 Å². The average Bonchev–Trinajstić information content (AvgIpc) is 2.92. The molecule has 0 aliphatic heterocycles. The molecule has 1 heterocycles. The zero-order valence-electron chi connectivity index (χ0n) is 20.2. The summed E-state index contributed by atoms with van der Waals surface area (Å²) < 4.78 is 5.30. The molecular weight excluding hydrogens is 468 g/mol. The van der Waals surface area contributed by atoms with E-state index in [-0.39, 0.29) is 19.4 Å². The molecule has 0 spiro atoms. The SMILES string of the molecule is NC(=O)[C@H](Cc1ccc2ccccc2n1)NC(=O)[C@@H](Cc1ccccc1)NC(=O)OCc1ccccc1. The van der Waals surface area contributed by atoms with Crippen LogP contribution in [-0.4, -0.2) is 35.0 Å². The Bertz CT molecular complexity index is 1360. The fraction of sp³-hybridized carbons (Fsp3) is 0.172. The number of pyridine rings is 1. The van der Waals surface area contributed by atoms with Crippen LogP contribution in [0.5, 0.6) is 0 Å². The molecule has 0 fully saturated rings. The third-order valence-corrected chi connectivity index (χ3v) is 5.83. The largest absolute Gasteiger partial charge is 0.445 e. The second kappa shape index (κ2) is 12.3. The van der Waals surface area contributed by atoms with Gasteiger partial charge in [-0.15, -0.1) is 0 Å². The Hall–Kier alpha value is -4.72. The molecule has 1 aromatic heterocycles. The number of aromatic nitrogens is 1. The van der Waals surface area contributed by atoms with Crippen LogP contribution in [0, 0.1) is 0 Å². The van der Waals surface area contributed by atoms with Crippen molar-refractivity contribution >= 4 is 28.8 Å². The molecule has 188 valence electrons. The van der Waals surface area contributed by atoms with E-state index in [0.717, 1.165) is 22.0 Å². The Morgan fingerprint density at radius 3 is 2.08 bits per heavy atom. The number of fused-ring (bicyclic) bond motifs is 1. The van der Waals surface area contributed by atoms with Gasteiger partial charge in [-0.1, -0.05) is 84.9 Å². The summed E-state index contributed by atoms with van der Waals surface area (Å²) in [7, 11) is 0. The van der Waals surface area contributed by atoms with Gasteiger partial charge in [0.05, 0.1) is 5.52 Å². The van der Waals surface area contributed by atoms with E-state index in [1.807, 2.05) is 91.0 Å². The Morgan fingerprint density at radius 2 is 1.38 bits per heavy atom. The van der Waals surface area contributed by atoms with Gasteiger partial charge in [-0.25, -0.2) is 4.79 Å². The summed E-state index contributed by atoms with van der Waals surface area (Å²) in [5, 5.41) is 6.28. The van der Waals surface area contributed by atoms with Gasteiger partial charge in [0.15, 0.2) is 0 Å². The zero-order chi connectivity index (χ0) is 26.0. The average molecular weight is 497 g/mol. The van der Waals surface area contributed by atoms with Crippen LogP contribution in [0.1, 0.15) is 16.8 Å². The molecule has 0 saturated heterocycles. The highest BCUT2D eigenvalue weighted by Gasteiger charge is 2.27. The number of nitrogens with one attached hydrogen (secondary N) is 2. The van der Waals surface area contributed by atoms with Crippen LogP contribution in [0.4, 0.5) is 4.79 Å². The first-order valence-corrected chi connectivity index (χ1v) is 11.9. The number of nitrogens with zero attached hydrogens (tertiary/aromatic N) is 1. The van der Waals surface area contributed by atoms with Crippen molar-refractivity contribution in [3.05, 3.63) is 114 Å². The lowest BCUT2D eigenvalue weighted by Gasteiger charge is -2.22. The topological polar surface area (TPSA) is 123 Å². The van der Waals surface area contributed by atoms with Gasteiger partial charge < -0.3 is 21.1 Å². The summed E-state index contributed by atoms with van der Waals surface area (Å²) >= 11 is 0. The number of benzene rings is 3. The van der Waals surface area contributed by atoms with Crippen LogP contribution in [0.2, 0.25) is 0 Å². The smallest absolute Gasteiger partial charge is 0.408 e. The number of ether oxygens (including phenoxy) is 1. The van der Waals surface area contributed by atoms with E-state index in [1.165, 1.54) is 0 Å². The van der Waals surface area contributed by atoms with Crippen molar-refractivity contribution in [3.8, 4) is 0 Å². The summed E-state index contributed by atoms with van der Waals surface area (Å²) in [6.45, 7) is 0.0594. The molecule has 0 unspecified atom stereocenters. The molecule has 0 saturated carbocycles. The van der Waals surface area contributed by atoms with Crippen molar-refractivity contribution in [2.75, 3.05) is 0 Å². The van der Waals surface area contributed by atoms with Gasteiger partial charge in [0.25, 0.3) is 0 Å². The minimum absolute atomic E-state index is 0.0594. The molecule has 4 aromatic rings. The van der Waals surface area contributed by atoms with Crippen LogP contribution < -0.4 is 16.4 Å². The second-order valence-corrected chi connectivity index (χ2v) is 8.61. The number of hydrogen-bond acceptors (Lipinski definition) is 5. The Labute approximate surface area is 214 Å². The van der Waals surface area contributed by atoms with Gasteiger partial charge in [0.1, 0.15) is 18.7 Å². The third-order valence-electron chi connectivity index (χ3n) is 5.83. The lowest BCUT2D eigenvalue weighted by molar-refractivity contribution is -0.128. The van der Waals surface area contributed by atoms with Crippen LogP contribution in [0.25, 0.3) is 10.9 Å². The number of carbonyl (C=O) groups is 3. The van der Waals surface area contributed by atoms with E-state index < -0.39 is 30.0 Å². The van der Waals surface area contributed by atoms with E-state index in [9.17, 15) is 14.4 Å². The number of carbonyl (C=O) groups excluding carboxylic acids is 3. The highest BCUT2D eigenvalue weighted by Crippen LogP contribution is 2.13. The molecule has 0 bridgehead atoms. The minimum atomic E-state index is -1.01. The first-order valence-electron chi connectivity index (χ1n) is 11.9. The van der Waals surface area contributed by atoms with Crippen LogP contribution in [0.3, 0.4) is 0 Å². The normalized spacial score (nSPS) is 12.3. The van der Waals surface area contributed by atoms with Gasteiger partial charge in [0, 0.05) is 23.9 Å². The van der Waals surface area contributed by atoms with Crippen molar-refractivity contribution in [2.45, 2.75) is 31.5 Å². The molecule has 0 radical (unpaired) electrons. The fourth-order valence-corrected chi connectivity index (χ4v) is 3.89. The minimum Gasteiger partial charge on any atom is -0.445 e. The number of alkyl carbamates (subject to hydrolysis) is 1. The molecule has 0 aliphatic rings. The maximum atomic E-state index is 13.3. The maximum absolute atomic E-state index is 13.3. The molecule has 2 atom stereocenters. The van der Waals surface area contributed by atoms with E-state index in [4.69, 9.17) is 10.5 Å². The van der Waals surface area contributed by atoms with Gasteiger partial charge in [-0.05, 0) is 23.3 Å². The monoisotopic (exact) mass is 496 g/mol. The Balaban J connectivity index is 1.45. The summed E-state index contributed by atoms with van der Waals surface area (Å²) in [6, 6.07) is 27.8. The maximum Gasteiger partial charge on any atom is 0.408 e. The van der Waals surface area contributed by atoms with Crippen molar-refractivity contribution in [3.63, 3.8) is 0 Å². The standard InChI is InChI=1S/C29H28N4O4/c30-27(34)25(18-23-16-15-22-13-7-8-14-24(22)31-23)32-28(35)26(17-20-9-3-1-4-10-20)33-29(36)37-19-21-11-5-2-6-12-21/h1-16,25-26H,17-19H2,(H2,30,34)(H,32,35)(H,33,36)/t25-,26+/m0/s1. The third kappa shape index (κ3) is 7.38.